The van der Waals surface area contributed by atoms with Crippen molar-refractivity contribution < 1.29 is 23.8 Å². The Bertz CT molecular complexity index is 833. The van der Waals surface area contributed by atoms with Crippen molar-refractivity contribution in [2.24, 2.45) is 0 Å². The summed E-state index contributed by atoms with van der Waals surface area (Å²) in [5.74, 6) is 1.05. The van der Waals surface area contributed by atoms with Gasteiger partial charge in [-0.25, -0.2) is 0 Å². The zero-order valence-corrected chi connectivity index (χ0v) is 20.2. The third-order valence-corrected chi connectivity index (χ3v) is 5.15. The van der Waals surface area contributed by atoms with Gasteiger partial charge >= 0.3 is 5.97 Å². The van der Waals surface area contributed by atoms with Crippen LogP contribution >= 0.6 is 0 Å². The number of unbranched alkanes of at least 4 members (excludes halogenated alkanes) is 5. The molecule has 6 heteroatoms. The number of nitrogens with zero attached hydrogens (tertiary/aromatic N) is 1. The Morgan fingerprint density at radius 2 is 1.58 bits per heavy atom. The first-order valence-electron chi connectivity index (χ1n) is 12.0. The first-order chi connectivity index (χ1) is 16.0. The number of pyridine rings is 1. The molecule has 1 aromatic carbocycles. The monoisotopic (exact) mass is 455 g/mol. The summed E-state index contributed by atoms with van der Waals surface area (Å²) in [4.78, 5) is 27.1. The normalized spacial score (nSPS) is 11.6. The molecule has 0 saturated carbocycles. The molecule has 0 bridgehead atoms. The van der Waals surface area contributed by atoms with Crippen molar-refractivity contribution in [1.82, 2.24) is 4.98 Å². The number of hydrogen-bond donors (Lipinski definition) is 0. The highest BCUT2D eigenvalue weighted by Crippen LogP contribution is 2.23. The lowest BCUT2D eigenvalue weighted by molar-refractivity contribution is -0.150. The van der Waals surface area contributed by atoms with E-state index in [1.165, 1.54) is 39.0 Å². The zero-order chi connectivity index (χ0) is 23.9. The molecule has 33 heavy (non-hydrogen) atoms. The van der Waals surface area contributed by atoms with Gasteiger partial charge in [0.25, 0.3) is 0 Å². The summed E-state index contributed by atoms with van der Waals surface area (Å²) in [6.07, 6.45) is 9.04. The summed E-state index contributed by atoms with van der Waals surface area (Å²) in [5, 5.41) is 0. The number of carbonyl (C=O) groups excluding carboxylic acids is 2. The van der Waals surface area contributed by atoms with Crippen molar-refractivity contribution in [1.29, 1.82) is 0 Å². The van der Waals surface area contributed by atoms with E-state index in [2.05, 4.69) is 11.9 Å². The van der Waals surface area contributed by atoms with Crippen molar-refractivity contribution in [3.05, 3.63) is 42.6 Å². The van der Waals surface area contributed by atoms with E-state index in [9.17, 15) is 9.59 Å². The lowest BCUT2D eigenvalue weighted by Gasteiger charge is -2.14. The molecular formula is C27H37NO5. The molecule has 2 aromatic rings. The largest absolute Gasteiger partial charge is 0.494 e. The van der Waals surface area contributed by atoms with Gasteiger partial charge in [-0.3, -0.25) is 9.78 Å². The van der Waals surface area contributed by atoms with E-state index in [0.29, 0.717) is 5.75 Å². The molecule has 1 atom stereocenters. The Hall–Kier alpha value is -2.89. The van der Waals surface area contributed by atoms with Gasteiger partial charge in [0.1, 0.15) is 30.0 Å². The lowest BCUT2D eigenvalue weighted by Crippen LogP contribution is -2.22. The molecule has 6 nitrogen and oxygen atoms in total. The van der Waals surface area contributed by atoms with Crippen LogP contribution < -0.4 is 9.47 Å². The van der Waals surface area contributed by atoms with E-state index in [0.717, 1.165) is 30.0 Å². The fraction of sp³-hybridized carbons (Fsp3) is 0.519. The molecule has 1 unspecified atom stereocenters. The van der Waals surface area contributed by atoms with Gasteiger partial charge in [0.05, 0.1) is 24.9 Å². The van der Waals surface area contributed by atoms with Gasteiger partial charge in [0.2, 0.25) is 0 Å². The molecule has 0 N–H and O–H groups in total. The molecule has 180 valence electrons. The topological polar surface area (TPSA) is 74.7 Å². The van der Waals surface area contributed by atoms with Crippen LogP contribution in [0.2, 0.25) is 0 Å². The molecule has 0 aliphatic carbocycles. The van der Waals surface area contributed by atoms with E-state index in [4.69, 9.17) is 14.2 Å². The summed E-state index contributed by atoms with van der Waals surface area (Å²) in [5.41, 5.74) is 1.84. The number of hydrogen-bond acceptors (Lipinski definition) is 6. The molecule has 1 aromatic heterocycles. The van der Waals surface area contributed by atoms with E-state index in [1.807, 2.05) is 36.4 Å². The van der Waals surface area contributed by atoms with Crippen LogP contribution in [-0.2, 0) is 14.3 Å². The van der Waals surface area contributed by atoms with Crippen LogP contribution in [0.1, 0.15) is 72.1 Å². The van der Waals surface area contributed by atoms with Crippen LogP contribution in [0.25, 0.3) is 11.3 Å². The first-order valence-corrected chi connectivity index (χ1v) is 12.0. The predicted octanol–water partition coefficient (Wildman–Crippen LogP) is 6.17. The van der Waals surface area contributed by atoms with Crippen molar-refractivity contribution in [3.63, 3.8) is 0 Å². The van der Waals surface area contributed by atoms with E-state index < -0.39 is 12.1 Å². The number of rotatable bonds is 16. The molecule has 2 rings (SSSR count). The maximum absolute atomic E-state index is 11.7. The maximum Gasteiger partial charge on any atom is 0.306 e. The zero-order valence-electron chi connectivity index (χ0n) is 20.2. The van der Waals surface area contributed by atoms with Crippen molar-refractivity contribution in [2.75, 3.05) is 13.2 Å². The van der Waals surface area contributed by atoms with Gasteiger partial charge in [-0.1, -0.05) is 39.0 Å². The Morgan fingerprint density at radius 3 is 2.24 bits per heavy atom. The number of aromatic nitrogens is 1. The summed E-state index contributed by atoms with van der Waals surface area (Å²) in [7, 11) is 0. The summed E-state index contributed by atoms with van der Waals surface area (Å²) >= 11 is 0. The van der Waals surface area contributed by atoms with Gasteiger partial charge in [-0.05, 0) is 56.7 Å². The highest BCUT2D eigenvalue weighted by atomic mass is 16.6. The van der Waals surface area contributed by atoms with Crippen molar-refractivity contribution in [2.45, 2.75) is 78.2 Å². The van der Waals surface area contributed by atoms with Crippen molar-refractivity contribution in [3.8, 4) is 22.8 Å². The minimum atomic E-state index is -0.409. The van der Waals surface area contributed by atoms with Gasteiger partial charge in [-0.2, -0.15) is 0 Å². The molecule has 0 spiro atoms. The summed E-state index contributed by atoms with van der Waals surface area (Å²) < 4.78 is 16.7. The Morgan fingerprint density at radius 1 is 0.879 bits per heavy atom. The minimum Gasteiger partial charge on any atom is -0.494 e. The van der Waals surface area contributed by atoms with Gasteiger partial charge in [0.15, 0.2) is 0 Å². The molecular weight excluding hydrogens is 418 g/mol. The van der Waals surface area contributed by atoms with Crippen LogP contribution in [0.4, 0.5) is 0 Å². The second-order valence-corrected chi connectivity index (χ2v) is 8.33. The fourth-order valence-corrected chi connectivity index (χ4v) is 3.24. The Labute approximate surface area is 197 Å². The first kappa shape index (κ1) is 26.4. The lowest BCUT2D eigenvalue weighted by atomic mass is 10.1. The average molecular weight is 456 g/mol. The third kappa shape index (κ3) is 11.0. The van der Waals surface area contributed by atoms with Gasteiger partial charge in [0, 0.05) is 12.0 Å². The van der Waals surface area contributed by atoms with Gasteiger partial charge < -0.3 is 19.0 Å². The van der Waals surface area contributed by atoms with E-state index in [1.54, 1.807) is 13.1 Å². The number of esters is 1. The number of ketones is 1. The Balaban J connectivity index is 1.72. The van der Waals surface area contributed by atoms with Crippen molar-refractivity contribution >= 4 is 11.8 Å². The van der Waals surface area contributed by atoms with Crippen LogP contribution in [0.15, 0.2) is 42.6 Å². The molecule has 1 heterocycles. The second-order valence-electron chi connectivity index (χ2n) is 8.33. The van der Waals surface area contributed by atoms with Crippen LogP contribution in [0, 0.1) is 0 Å². The summed E-state index contributed by atoms with van der Waals surface area (Å²) in [6.45, 7) is 6.41. The highest BCUT2D eigenvalue weighted by molar-refractivity contribution is 5.81. The molecule has 0 saturated heterocycles. The maximum atomic E-state index is 11.7. The van der Waals surface area contributed by atoms with Crippen LogP contribution in [0.3, 0.4) is 0 Å². The molecule has 0 fully saturated rings. The molecule has 0 radical (unpaired) electrons. The number of ether oxygens (including phenoxy) is 3. The molecule has 0 aliphatic heterocycles. The number of carbonyl (C=O) groups is 2. The Kier molecular flexibility index (Phi) is 12.0. The predicted molar refractivity (Wildman–Crippen MR) is 130 cm³/mol. The SMILES string of the molecule is CCCCCCCCOc1ccc(-c2ccc(OCC(C)OC(=O)CCC(C)=O)cn2)cc1. The van der Waals surface area contributed by atoms with Gasteiger partial charge in [-0.15, -0.1) is 0 Å². The second kappa shape index (κ2) is 15.0. The summed E-state index contributed by atoms with van der Waals surface area (Å²) in [6, 6.07) is 11.7. The minimum absolute atomic E-state index is 0.0302. The van der Waals surface area contributed by atoms with Crippen LogP contribution in [0.5, 0.6) is 11.5 Å². The quantitative estimate of drug-likeness (QED) is 0.223. The fourth-order valence-electron chi connectivity index (χ4n) is 3.24. The smallest absolute Gasteiger partial charge is 0.306 e. The van der Waals surface area contributed by atoms with Crippen LogP contribution in [-0.4, -0.2) is 36.1 Å². The standard InChI is InChI=1S/C27H37NO5/c1-4-5-6-7-8-9-18-31-24-13-11-23(12-14-24)26-16-15-25(19-28-26)32-20-22(3)33-27(30)17-10-21(2)29/h11-16,19,22H,4-10,17-18,20H2,1-3H3. The molecule has 0 amide bonds. The molecule has 0 aliphatic rings. The third-order valence-electron chi connectivity index (χ3n) is 5.15. The average Bonchev–Trinajstić information content (AvgIpc) is 2.81. The van der Waals surface area contributed by atoms with E-state index in [-0.39, 0.29) is 25.2 Å². The highest BCUT2D eigenvalue weighted by Gasteiger charge is 2.11. The number of Topliss-reactive ketones (excluding diaryl/α,β-unsaturated/α-hetero) is 1. The number of benzene rings is 1. The van der Waals surface area contributed by atoms with E-state index >= 15 is 0 Å².